The van der Waals surface area contributed by atoms with Crippen molar-refractivity contribution >= 4 is 32.8 Å². The first-order valence-corrected chi connectivity index (χ1v) is 13.6. The summed E-state index contributed by atoms with van der Waals surface area (Å²) >= 11 is 1.56. The number of aromatic nitrogens is 3. The molecule has 0 radical (unpaired) electrons. The fraction of sp³-hybridized carbons (Fsp3) is 0.333. The molecule has 1 saturated heterocycles. The Kier molecular flexibility index (Phi) is 6.48. The number of fused-ring (bicyclic) bond motifs is 1. The van der Waals surface area contributed by atoms with Crippen molar-refractivity contribution in [3.63, 3.8) is 0 Å². The lowest BCUT2D eigenvalue weighted by molar-refractivity contribution is 0.0730. The maximum atomic E-state index is 13.1. The van der Waals surface area contributed by atoms with E-state index in [1.165, 1.54) is 9.87 Å². The Morgan fingerprint density at radius 2 is 1.82 bits per heavy atom. The first-order valence-electron chi connectivity index (χ1n) is 11.2. The van der Waals surface area contributed by atoms with Crippen LogP contribution in [0.4, 0.5) is 0 Å². The summed E-state index contributed by atoms with van der Waals surface area (Å²) in [5, 5.41) is 0.818. The lowest BCUT2D eigenvalue weighted by atomic mass is 10.1. The lowest BCUT2D eigenvalue weighted by Gasteiger charge is -2.26. The van der Waals surface area contributed by atoms with Crippen LogP contribution in [0, 0.1) is 6.92 Å². The van der Waals surface area contributed by atoms with Crippen LogP contribution in [0.2, 0.25) is 0 Å². The van der Waals surface area contributed by atoms with Crippen LogP contribution in [0.5, 0.6) is 0 Å². The molecule has 1 aliphatic rings. The van der Waals surface area contributed by atoms with Crippen molar-refractivity contribution in [1.29, 1.82) is 0 Å². The standard InChI is InChI=1S/C24H26N4O4S2/c1-3-28-22-9-8-20(34(29,30)27-10-12-31-13-11-27)14-21(22)26-24(28)33-16-19-15-32-23(25-19)18-6-4-17(2)5-7-18/h4-9,14-15H,3,10-13,16H2,1-2H3. The molecule has 178 valence electrons. The average Bonchev–Trinajstić information content (AvgIpc) is 3.47. The molecule has 1 aliphatic heterocycles. The van der Waals surface area contributed by atoms with Gasteiger partial charge in [0.05, 0.1) is 34.8 Å². The van der Waals surface area contributed by atoms with Crippen molar-refractivity contribution < 1.29 is 17.6 Å². The van der Waals surface area contributed by atoms with E-state index in [1.807, 2.05) is 37.3 Å². The fourth-order valence-corrected chi connectivity index (χ4v) is 6.32. The summed E-state index contributed by atoms with van der Waals surface area (Å²) in [5.74, 6) is 1.19. The predicted molar refractivity (Wildman–Crippen MR) is 131 cm³/mol. The van der Waals surface area contributed by atoms with Crippen LogP contribution in [0.25, 0.3) is 22.5 Å². The van der Waals surface area contributed by atoms with Gasteiger partial charge >= 0.3 is 0 Å². The molecule has 10 heteroatoms. The summed E-state index contributed by atoms with van der Waals surface area (Å²) in [5.41, 5.74) is 4.53. The van der Waals surface area contributed by atoms with E-state index in [0.29, 0.717) is 43.5 Å². The summed E-state index contributed by atoms with van der Waals surface area (Å²) in [4.78, 5) is 9.63. The second-order valence-corrected chi connectivity index (χ2v) is 11.0. The minimum atomic E-state index is -3.57. The molecule has 3 heterocycles. The zero-order chi connectivity index (χ0) is 23.7. The molecular formula is C24H26N4O4S2. The Balaban J connectivity index is 1.37. The lowest BCUT2D eigenvalue weighted by Crippen LogP contribution is -2.40. The van der Waals surface area contributed by atoms with Gasteiger partial charge in [-0.15, -0.1) is 0 Å². The number of hydrogen-bond donors (Lipinski definition) is 0. The molecule has 2 aromatic carbocycles. The molecule has 0 amide bonds. The van der Waals surface area contributed by atoms with Gasteiger partial charge in [0.2, 0.25) is 15.9 Å². The van der Waals surface area contributed by atoms with Crippen LogP contribution in [0.3, 0.4) is 0 Å². The van der Waals surface area contributed by atoms with Crippen LogP contribution >= 0.6 is 11.8 Å². The number of benzene rings is 2. The highest BCUT2D eigenvalue weighted by Gasteiger charge is 2.27. The topological polar surface area (TPSA) is 90.5 Å². The van der Waals surface area contributed by atoms with Crippen LogP contribution in [-0.2, 0) is 27.1 Å². The minimum Gasteiger partial charge on any atom is -0.444 e. The zero-order valence-corrected chi connectivity index (χ0v) is 20.7. The highest BCUT2D eigenvalue weighted by Crippen LogP contribution is 2.30. The second-order valence-electron chi connectivity index (χ2n) is 8.10. The summed E-state index contributed by atoms with van der Waals surface area (Å²) in [6.45, 7) is 6.39. The van der Waals surface area contributed by atoms with Gasteiger partial charge in [0, 0.05) is 31.0 Å². The van der Waals surface area contributed by atoms with Gasteiger partial charge in [-0.25, -0.2) is 18.4 Å². The summed E-state index contributed by atoms with van der Waals surface area (Å²) in [7, 11) is -3.57. The third kappa shape index (κ3) is 4.50. The molecule has 0 spiro atoms. The number of sulfonamides is 1. The van der Waals surface area contributed by atoms with E-state index in [4.69, 9.17) is 14.1 Å². The van der Waals surface area contributed by atoms with Crippen LogP contribution in [-0.4, -0.2) is 53.6 Å². The number of rotatable bonds is 7. The number of ether oxygens (including phenoxy) is 1. The SMILES string of the molecule is CCn1c(SCc2coc(-c3ccc(C)cc3)n2)nc2cc(S(=O)(=O)N3CCOCC3)ccc21. The van der Waals surface area contributed by atoms with E-state index < -0.39 is 10.0 Å². The third-order valence-corrected chi connectivity index (χ3v) is 8.71. The second kappa shape index (κ2) is 9.53. The largest absolute Gasteiger partial charge is 0.444 e. The summed E-state index contributed by atoms with van der Waals surface area (Å²) < 4.78 is 40.6. The van der Waals surface area contributed by atoms with Crippen molar-refractivity contribution in [3.05, 3.63) is 60.0 Å². The molecule has 2 aromatic heterocycles. The molecule has 0 unspecified atom stereocenters. The van der Waals surface area contributed by atoms with Crippen LogP contribution in [0.1, 0.15) is 18.2 Å². The van der Waals surface area contributed by atoms with Gasteiger partial charge in [0.25, 0.3) is 0 Å². The first-order chi connectivity index (χ1) is 16.5. The number of morpholine rings is 1. The van der Waals surface area contributed by atoms with E-state index >= 15 is 0 Å². The zero-order valence-electron chi connectivity index (χ0n) is 19.1. The number of imidazole rings is 1. The van der Waals surface area contributed by atoms with Gasteiger partial charge in [-0.1, -0.05) is 29.5 Å². The normalized spacial score (nSPS) is 15.2. The molecule has 1 fully saturated rings. The highest BCUT2D eigenvalue weighted by atomic mass is 32.2. The van der Waals surface area contributed by atoms with Gasteiger partial charge in [-0.05, 0) is 44.2 Å². The number of hydrogen-bond acceptors (Lipinski definition) is 7. The van der Waals surface area contributed by atoms with Crippen molar-refractivity contribution in [2.45, 2.75) is 36.2 Å². The van der Waals surface area contributed by atoms with Gasteiger partial charge in [0.1, 0.15) is 6.26 Å². The molecule has 0 saturated carbocycles. The number of nitrogens with zero attached hydrogens (tertiary/aromatic N) is 4. The average molecular weight is 499 g/mol. The quantitative estimate of drug-likeness (QED) is 0.350. The summed E-state index contributed by atoms with van der Waals surface area (Å²) in [6, 6.07) is 13.2. The molecular weight excluding hydrogens is 472 g/mol. The predicted octanol–water partition coefficient (Wildman–Crippen LogP) is 4.33. The van der Waals surface area contributed by atoms with Crippen molar-refractivity contribution in [2.24, 2.45) is 0 Å². The van der Waals surface area contributed by atoms with Gasteiger partial charge in [-0.2, -0.15) is 4.31 Å². The minimum absolute atomic E-state index is 0.262. The number of aryl methyl sites for hydroxylation is 2. The van der Waals surface area contributed by atoms with Crippen molar-refractivity contribution in [3.8, 4) is 11.5 Å². The van der Waals surface area contributed by atoms with Gasteiger partial charge in [0.15, 0.2) is 5.16 Å². The maximum Gasteiger partial charge on any atom is 0.243 e. The van der Waals surface area contributed by atoms with Crippen molar-refractivity contribution in [2.75, 3.05) is 26.3 Å². The number of thioether (sulfide) groups is 1. The molecule has 5 rings (SSSR count). The molecule has 0 N–H and O–H groups in total. The molecule has 0 atom stereocenters. The summed E-state index contributed by atoms with van der Waals surface area (Å²) in [6.07, 6.45) is 1.67. The Bertz CT molecular complexity index is 1400. The Morgan fingerprint density at radius 3 is 2.56 bits per heavy atom. The Morgan fingerprint density at radius 1 is 1.06 bits per heavy atom. The van der Waals surface area contributed by atoms with Gasteiger partial charge in [-0.3, -0.25) is 0 Å². The van der Waals surface area contributed by atoms with Gasteiger partial charge < -0.3 is 13.7 Å². The molecule has 0 aliphatic carbocycles. The molecule has 8 nitrogen and oxygen atoms in total. The first kappa shape index (κ1) is 23.1. The highest BCUT2D eigenvalue weighted by molar-refractivity contribution is 7.98. The van der Waals surface area contributed by atoms with Crippen LogP contribution < -0.4 is 0 Å². The van der Waals surface area contributed by atoms with E-state index in [2.05, 4.69) is 16.5 Å². The molecule has 34 heavy (non-hydrogen) atoms. The smallest absolute Gasteiger partial charge is 0.243 e. The Hall–Kier alpha value is -2.66. The fourth-order valence-electron chi connectivity index (χ4n) is 3.94. The molecule has 4 aromatic rings. The van der Waals surface area contributed by atoms with E-state index in [9.17, 15) is 8.42 Å². The van der Waals surface area contributed by atoms with E-state index in [0.717, 1.165) is 28.5 Å². The maximum absolute atomic E-state index is 13.1. The van der Waals surface area contributed by atoms with E-state index in [-0.39, 0.29) is 4.90 Å². The molecule has 0 bridgehead atoms. The Labute approximate surface area is 203 Å². The van der Waals surface area contributed by atoms with Crippen LogP contribution in [0.15, 0.2) is 63.2 Å². The monoisotopic (exact) mass is 498 g/mol. The third-order valence-electron chi connectivity index (χ3n) is 5.81. The van der Waals surface area contributed by atoms with Crippen molar-refractivity contribution in [1.82, 2.24) is 18.8 Å². The van der Waals surface area contributed by atoms with E-state index in [1.54, 1.807) is 30.2 Å². The number of oxazole rings is 1.